The van der Waals surface area contributed by atoms with Gasteiger partial charge in [-0.15, -0.1) is 0 Å². The molecule has 2 heterocycles. The van der Waals surface area contributed by atoms with Crippen molar-refractivity contribution in [2.75, 3.05) is 0 Å². The smallest absolute Gasteiger partial charge is 0.319 e. The number of aromatic nitrogens is 2. The molecule has 0 aliphatic carbocycles. The van der Waals surface area contributed by atoms with E-state index in [0.29, 0.717) is 22.1 Å². The number of halogens is 6. The van der Waals surface area contributed by atoms with E-state index in [1.807, 2.05) is 113 Å². The minimum Gasteiger partial charge on any atom is -0.319 e. The zero-order chi connectivity index (χ0) is 56.3. The van der Waals surface area contributed by atoms with Gasteiger partial charge in [-0.1, -0.05) is 166 Å². The van der Waals surface area contributed by atoms with Crippen molar-refractivity contribution < 1.29 is 26.3 Å². The molecule has 12 aromatic rings. The van der Waals surface area contributed by atoms with Crippen molar-refractivity contribution in [1.82, 2.24) is 9.13 Å². The Morgan fingerprint density at radius 3 is 0.863 bits per heavy atom. The molecule has 0 saturated carbocycles. The molecule has 0 atom stereocenters. The van der Waals surface area contributed by atoms with Gasteiger partial charge in [-0.25, -0.2) is 4.85 Å². The van der Waals surface area contributed by atoms with Crippen molar-refractivity contribution in [1.29, 1.82) is 0 Å². The summed E-state index contributed by atoms with van der Waals surface area (Å²) >= 11 is 0. The van der Waals surface area contributed by atoms with Crippen molar-refractivity contribution in [2.45, 2.75) is 67.7 Å². The van der Waals surface area contributed by atoms with Gasteiger partial charge in [-0.3, -0.25) is 0 Å². The van der Waals surface area contributed by atoms with Gasteiger partial charge in [0.2, 0.25) is 5.69 Å². The Balaban J connectivity index is 1.25. The first-order chi connectivity index (χ1) is 38.1. The van der Waals surface area contributed by atoms with Gasteiger partial charge < -0.3 is 9.13 Å². The summed E-state index contributed by atoms with van der Waals surface area (Å²) in [7, 11) is 0. The summed E-state index contributed by atoms with van der Waals surface area (Å²) in [5.41, 5.74) is 16.0. The molecule has 0 spiro atoms. The topological polar surface area (TPSA) is 14.2 Å². The third-order valence-corrected chi connectivity index (χ3v) is 15.3. The number of aryl methyl sites for hydroxylation is 8. The lowest BCUT2D eigenvalue weighted by molar-refractivity contribution is -0.143. The SMILES string of the molecule is [C-]#[N+]c1cc(-n2c3cc(-c4cc(C)cc(C)c4)ccc3c3ccc(-c4cc(C)cc(C)c4)cc32)c(-c2cc(C(F)(F)F)cc(C(F)(F)F)c2)cc1-n1c2cc(-c3cc(C)cc(C)c3)ccc2c2ccc(-c3cc(C)cc(C)c3)cc21. The lowest BCUT2D eigenvalue weighted by atomic mass is 9.96. The highest BCUT2D eigenvalue weighted by molar-refractivity contribution is 6.14. The van der Waals surface area contributed by atoms with Gasteiger partial charge in [0.05, 0.1) is 45.5 Å². The van der Waals surface area contributed by atoms with Gasteiger partial charge in [0, 0.05) is 32.8 Å². The molecule has 2 aromatic heterocycles. The van der Waals surface area contributed by atoms with Crippen LogP contribution in [0.5, 0.6) is 0 Å². The van der Waals surface area contributed by atoms with Crippen molar-refractivity contribution in [3.63, 3.8) is 0 Å². The molecule has 0 fully saturated rings. The van der Waals surface area contributed by atoms with Crippen LogP contribution in [0.15, 0.2) is 176 Å². The summed E-state index contributed by atoms with van der Waals surface area (Å²) in [5.74, 6) is 0. The van der Waals surface area contributed by atoms with Crippen molar-refractivity contribution >= 4 is 49.3 Å². The van der Waals surface area contributed by atoms with Crippen molar-refractivity contribution in [3.05, 3.63) is 243 Å². The van der Waals surface area contributed by atoms with Crippen LogP contribution in [-0.2, 0) is 12.4 Å². The van der Waals surface area contributed by atoms with E-state index < -0.39 is 23.5 Å². The second-order valence-electron chi connectivity index (χ2n) is 21.9. The minimum atomic E-state index is -5.15. The lowest BCUT2D eigenvalue weighted by Gasteiger charge is -2.21. The Kier molecular flexibility index (Phi) is 12.3. The highest BCUT2D eigenvalue weighted by Crippen LogP contribution is 2.48. The highest BCUT2D eigenvalue weighted by atomic mass is 19.4. The Morgan fingerprint density at radius 2 is 0.588 bits per heavy atom. The Labute approximate surface area is 460 Å². The van der Waals surface area contributed by atoms with E-state index in [9.17, 15) is 0 Å². The van der Waals surface area contributed by atoms with E-state index >= 15 is 26.3 Å². The number of fused-ring (bicyclic) bond motifs is 6. The first-order valence-electron chi connectivity index (χ1n) is 26.4. The number of nitrogens with zero attached hydrogens (tertiary/aromatic N) is 3. The number of alkyl halides is 6. The largest absolute Gasteiger partial charge is 0.416 e. The molecule has 0 unspecified atom stereocenters. The van der Waals surface area contributed by atoms with Crippen molar-refractivity contribution in [2.24, 2.45) is 0 Å². The molecule has 0 saturated heterocycles. The second kappa shape index (κ2) is 19.1. The van der Waals surface area contributed by atoms with Crippen LogP contribution >= 0.6 is 0 Å². The first kappa shape index (κ1) is 51.6. The Morgan fingerprint density at radius 1 is 0.300 bits per heavy atom. The Hall–Kier alpha value is -9.13. The standard InChI is InChI=1S/C71H53F6N3/c1-39-18-40(2)23-51(22-39)47-10-14-58-59-15-11-48(52-24-41(3)19-42(4)25-52)33-65(59)79(64(58)32-47)68-38-63(78-9)69(37-62(68)55-30-56(70(72,73)74)36-57(31-55)71(75,76)77)80-66-34-49(53-26-43(5)20-44(6)27-53)12-16-60(66)61-17-13-50(35-67(61)80)54-28-45(7)21-46(8)29-54/h10-38H,1-8H3. The fourth-order valence-electron chi connectivity index (χ4n) is 12.2. The number of benzene rings is 10. The fourth-order valence-corrected chi connectivity index (χ4v) is 12.2. The molecular weight excluding hydrogens is 1010 g/mol. The van der Waals surface area contributed by atoms with Crippen LogP contribution in [0.25, 0.3) is 115 Å². The molecule has 394 valence electrons. The normalized spacial score (nSPS) is 12.1. The van der Waals surface area contributed by atoms with E-state index in [0.717, 1.165) is 123 Å². The third kappa shape index (κ3) is 9.28. The quantitative estimate of drug-likeness (QED) is 0.112. The van der Waals surface area contributed by atoms with Crippen LogP contribution in [0.4, 0.5) is 32.0 Å². The summed E-state index contributed by atoms with van der Waals surface area (Å²) in [6.45, 7) is 25.3. The molecule has 0 radical (unpaired) electrons. The molecule has 0 aliphatic rings. The zero-order valence-corrected chi connectivity index (χ0v) is 45.4. The minimum absolute atomic E-state index is 0.0577. The van der Waals surface area contributed by atoms with E-state index in [1.54, 1.807) is 12.1 Å². The van der Waals surface area contributed by atoms with Crippen LogP contribution in [0.2, 0.25) is 0 Å². The van der Waals surface area contributed by atoms with Gasteiger partial charge in [-0.2, -0.15) is 26.3 Å². The number of hydrogen-bond acceptors (Lipinski definition) is 0. The lowest BCUT2D eigenvalue weighted by Crippen LogP contribution is -2.11. The molecule has 0 aliphatic heterocycles. The maximum atomic E-state index is 15.2. The molecule has 0 amide bonds. The molecule has 3 nitrogen and oxygen atoms in total. The van der Waals surface area contributed by atoms with E-state index in [-0.39, 0.29) is 34.3 Å². The van der Waals surface area contributed by atoms with E-state index in [2.05, 4.69) is 102 Å². The number of rotatable bonds is 7. The summed E-state index contributed by atoms with van der Waals surface area (Å²) in [4.78, 5) is 4.25. The summed E-state index contributed by atoms with van der Waals surface area (Å²) < 4.78 is 94.9. The predicted molar refractivity (Wildman–Crippen MR) is 316 cm³/mol. The van der Waals surface area contributed by atoms with E-state index in [1.165, 1.54) is 0 Å². The maximum absolute atomic E-state index is 15.2. The van der Waals surface area contributed by atoms with Gasteiger partial charge >= 0.3 is 12.4 Å². The number of hydrogen-bond donors (Lipinski definition) is 0. The van der Waals surface area contributed by atoms with Gasteiger partial charge in [0.15, 0.2) is 0 Å². The fraction of sp³-hybridized carbons (Fsp3) is 0.141. The average molecular weight is 1060 g/mol. The third-order valence-electron chi connectivity index (χ3n) is 15.3. The Bertz CT molecular complexity index is 4280. The van der Waals surface area contributed by atoms with Crippen LogP contribution < -0.4 is 0 Å². The molecule has 0 N–H and O–H groups in total. The van der Waals surface area contributed by atoms with Crippen LogP contribution in [0.3, 0.4) is 0 Å². The van der Waals surface area contributed by atoms with Gasteiger partial charge in [-0.05, 0) is 160 Å². The van der Waals surface area contributed by atoms with E-state index in [4.69, 9.17) is 6.57 Å². The van der Waals surface area contributed by atoms with Crippen LogP contribution in [0, 0.1) is 62.0 Å². The molecular formula is C71H53F6N3. The van der Waals surface area contributed by atoms with Gasteiger partial charge in [0.1, 0.15) is 0 Å². The monoisotopic (exact) mass is 1060 g/mol. The molecule has 9 heteroatoms. The van der Waals surface area contributed by atoms with Crippen molar-refractivity contribution in [3.8, 4) is 67.0 Å². The molecule has 0 bridgehead atoms. The molecule has 80 heavy (non-hydrogen) atoms. The molecule has 12 rings (SSSR count). The maximum Gasteiger partial charge on any atom is 0.416 e. The highest BCUT2D eigenvalue weighted by Gasteiger charge is 2.38. The van der Waals surface area contributed by atoms with Gasteiger partial charge in [0.25, 0.3) is 0 Å². The first-order valence-corrected chi connectivity index (χ1v) is 26.4. The van der Waals surface area contributed by atoms with Crippen LogP contribution in [0.1, 0.15) is 55.6 Å². The summed E-state index contributed by atoms with van der Waals surface area (Å²) in [5, 5.41) is 3.31. The average Bonchev–Trinajstić information content (AvgIpc) is 3.90. The summed E-state index contributed by atoms with van der Waals surface area (Å²) in [6, 6.07) is 54.7. The zero-order valence-electron chi connectivity index (χ0n) is 45.4. The van der Waals surface area contributed by atoms with Crippen LogP contribution in [-0.4, -0.2) is 9.13 Å². The summed E-state index contributed by atoms with van der Waals surface area (Å²) in [6.07, 6.45) is -10.3. The molecule has 10 aromatic carbocycles. The second-order valence-corrected chi connectivity index (χ2v) is 21.9. The predicted octanol–water partition coefficient (Wildman–Crippen LogP) is 21.3.